The van der Waals surface area contributed by atoms with Gasteiger partial charge in [0.05, 0.1) is 0 Å². The number of nitrogens with zero attached hydrogens (tertiary/aromatic N) is 2. The smallest absolute Gasteiger partial charge is 0.190 e. The van der Waals surface area contributed by atoms with Gasteiger partial charge in [0.25, 0.3) is 0 Å². The largest absolute Gasteiger partial charge is 0.356 e. The minimum absolute atomic E-state index is 0.773. The average Bonchev–Trinajstić information content (AvgIpc) is 2.54. The Morgan fingerprint density at radius 3 is 2.59 bits per heavy atom. The van der Waals surface area contributed by atoms with Crippen molar-refractivity contribution in [3.8, 4) is 0 Å². The van der Waals surface area contributed by atoms with Crippen molar-refractivity contribution in [1.82, 2.24) is 15.6 Å². The van der Waals surface area contributed by atoms with Crippen molar-refractivity contribution in [2.75, 3.05) is 20.1 Å². The van der Waals surface area contributed by atoms with Crippen molar-refractivity contribution in [2.45, 2.75) is 12.8 Å². The number of pyridine rings is 1. The first-order chi connectivity index (χ1) is 10.8. The molecule has 0 aliphatic heterocycles. The van der Waals surface area contributed by atoms with Gasteiger partial charge in [0, 0.05) is 43.5 Å². The highest BCUT2D eigenvalue weighted by atomic mass is 35.5. The molecular weight excluding hydrogens is 296 g/mol. The lowest BCUT2D eigenvalue weighted by Crippen LogP contribution is -2.39. The summed E-state index contributed by atoms with van der Waals surface area (Å²) in [5.41, 5.74) is 2.29. The van der Waals surface area contributed by atoms with Gasteiger partial charge in [0.2, 0.25) is 0 Å². The lowest BCUT2D eigenvalue weighted by atomic mass is 10.1. The Bertz CT molecular complexity index is 599. The molecule has 2 aromatic rings. The number of benzene rings is 1. The van der Waals surface area contributed by atoms with E-state index in [9.17, 15) is 0 Å². The Labute approximate surface area is 136 Å². The summed E-state index contributed by atoms with van der Waals surface area (Å²) in [5, 5.41) is 7.36. The van der Waals surface area contributed by atoms with Crippen LogP contribution in [-0.4, -0.2) is 31.1 Å². The Morgan fingerprint density at radius 1 is 1.09 bits per heavy atom. The fraction of sp³-hybridized carbons (Fsp3) is 0.294. The number of aliphatic imine (C=N–C) groups is 1. The highest BCUT2D eigenvalue weighted by Crippen LogP contribution is 2.10. The monoisotopic (exact) mass is 316 g/mol. The van der Waals surface area contributed by atoms with Crippen molar-refractivity contribution >= 4 is 17.6 Å². The minimum atomic E-state index is 0.773. The molecule has 0 aliphatic carbocycles. The van der Waals surface area contributed by atoms with Gasteiger partial charge < -0.3 is 10.6 Å². The van der Waals surface area contributed by atoms with Crippen LogP contribution in [0.4, 0.5) is 0 Å². The van der Waals surface area contributed by atoms with Crippen LogP contribution in [0.25, 0.3) is 0 Å². The summed E-state index contributed by atoms with van der Waals surface area (Å²) in [4.78, 5) is 8.51. The third-order valence-corrected chi connectivity index (χ3v) is 3.45. The zero-order chi connectivity index (χ0) is 15.6. The third kappa shape index (κ3) is 5.74. The molecule has 1 heterocycles. The van der Waals surface area contributed by atoms with Crippen LogP contribution in [-0.2, 0) is 12.8 Å². The Hall–Kier alpha value is -2.07. The number of rotatable bonds is 6. The van der Waals surface area contributed by atoms with Crippen LogP contribution >= 0.6 is 11.6 Å². The molecule has 0 saturated carbocycles. The van der Waals surface area contributed by atoms with Gasteiger partial charge >= 0.3 is 0 Å². The van der Waals surface area contributed by atoms with E-state index in [1.54, 1.807) is 7.05 Å². The van der Waals surface area contributed by atoms with Crippen LogP contribution in [0.3, 0.4) is 0 Å². The number of aromatic nitrogens is 1. The Kier molecular flexibility index (Phi) is 6.71. The molecule has 2 rings (SSSR count). The predicted octanol–water partition coefficient (Wildman–Crippen LogP) is 2.69. The second-order valence-electron chi connectivity index (χ2n) is 4.88. The van der Waals surface area contributed by atoms with Crippen LogP contribution in [0.1, 0.15) is 11.3 Å². The number of hydrogen-bond acceptors (Lipinski definition) is 2. The van der Waals surface area contributed by atoms with E-state index in [4.69, 9.17) is 11.6 Å². The highest BCUT2D eigenvalue weighted by Gasteiger charge is 1.99. The summed E-state index contributed by atoms with van der Waals surface area (Å²) < 4.78 is 0. The SMILES string of the molecule is CN=C(NCCc1cccc(Cl)c1)NCCc1ccccn1. The number of halogens is 1. The first-order valence-electron chi connectivity index (χ1n) is 7.37. The van der Waals surface area contributed by atoms with Crippen LogP contribution in [0.15, 0.2) is 53.7 Å². The van der Waals surface area contributed by atoms with Crippen LogP contribution < -0.4 is 10.6 Å². The van der Waals surface area contributed by atoms with Gasteiger partial charge in [-0.3, -0.25) is 9.98 Å². The van der Waals surface area contributed by atoms with Crippen LogP contribution in [0.2, 0.25) is 5.02 Å². The number of nitrogens with one attached hydrogen (secondary N) is 2. The lowest BCUT2D eigenvalue weighted by Gasteiger charge is -2.11. The van der Waals surface area contributed by atoms with E-state index in [1.807, 2.05) is 42.6 Å². The van der Waals surface area contributed by atoms with Gasteiger partial charge in [-0.2, -0.15) is 0 Å². The van der Waals surface area contributed by atoms with E-state index >= 15 is 0 Å². The second kappa shape index (κ2) is 9.05. The first kappa shape index (κ1) is 16.3. The van der Waals surface area contributed by atoms with Gasteiger partial charge in [-0.15, -0.1) is 0 Å². The van der Waals surface area contributed by atoms with Crippen molar-refractivity contribution in [3.05, 3.63) is 64.9 Å². The maximum absolute atomic E-state index is 5.98. The summed E-state index contributed by atoms with van der Waals surface area (Å²) >= 11 is 5.98. The predicted molar refractivity (Wildman–Crippen MR) is 92.5 cm³/mol. The molecule has 0 radical (unpaired) electrons. The number of hydrogen-bond donors (Lipinski definition) is 2. The minimum Gasteiger partial charge on any atom is -0.356 e. The van der Waals surface area contributed by atoms with Gasteiger partial charge in [0.15, 0.2) is 5.96 Å². The third-order valence-electron chi connectivity index (χ3n) is 3.22. The van der Waals surface area contributed by atoms with Gasteiger partial charge in [-0.1, -0.05) is 29.8 Å². The van der Waals surface area contributed by atoms with E-state index in [0.717, 1.165) is 42.6 Å². The molecule has 0 fully saturated rings. The first-order valence-corrected chi connectivity index (χ1v) is 7.74. The Morgan fingerprint density at radius 2 is 1.91 bits per heavy atom. The fourth-order valence-corrected chi connectivity index (χ4v) is 2.31. The molecule has 22 heavy (non-hydrogen) atoms. The molecule has 2 N–H and O–H groups in total. The summed E-state index contributed by atoms with van der Waals surface area (Å²) in [5.74, 6) is 0.804. The summed E-state index contributed by atoms with van der Waals surface area (Å²) in [6.45, 7) is 1.61. The standard InChI is InChI=1S/C17H21ClN4/c1-19-17(22-12-9-16-7-2-3-10-20-16)21-11-8-14-5-4-6-15(18)13-14/h2-7,10,13H,8-9,11-12H2,1H3,(H2,19,21,22). The normalized spacial score (nSPS) is 11.3. The van der Waals surface area contributed by atoms with Crippen LogP contribution in [0, 0.1) is 0 Å². The molecule has 4 nitrogen and oxygen atoms in total. The van der Waals surface area contributed by atoms with Crippen molar-refractivity contribution in [2.24, 2.45) is 4.99 Å². The molecule has 116 valence electrons. The lowest BCUT2D eigenvalue weighted by molar-refractivity contribution is 0.776. The molecule has 0 saturated heterocycles. The summed E-state index contributed by atoms with van der Waals surface area (Å²) in [6, 6.07) is 13.9. The van der Waals surface area contributed by atoms with Gasteiger partial charge in [-0.05, 0) is 36.2 Å². The zero-order valence-electron chi connectivity index (χ0n) is 12.7. The van der Waals surface area contributed by atoms with E-state index in [2.05, 4.69) is 26.7 Å². The molecule has 1 aromatic heterocycles. The van der Waals surface area contributed by atoms with Gasteiger partial charge in [-0.25, -0.2) is 0 Å². The van der Waals surface area contributed by atoms with Crippen molar-refractivity contribution in [1.29, 1.82) is 0 Å². The highest BCUT2D eigenvalue weighted by molar-refractivity contribution is 6.30. The fourth-order valence-electron chi connectivity index (χ4n) is 2.09. The van der Waals surface area contributed by atoms with Crippen molar-refractivity contribution in [3.63, 3.8) is 0 Å². The second-order valence-corrected chi connectivity index (χ2v) is 5.31. The topological polar surface area (TPSA) is 49.3 Å². The molecule has 0 atom stereocenters. The maximum Gasteiger partial charge on any atom is 0.190 e. The van der Waals surface area contributed by atoms with Crippen LogP contribution in [0.5, 0.6) is 0 Å². The molecule has 0 unspecified atom stereocenters. The molecule has 1 aromatic carbocycles. The quantitative estimate of drug-likeness (QED) is 0.636. The Balaban J connectivity index is 1.69. The van der Waals surface area contributed by atoms with Gasteiger partial charge in [0.1, 0.15) is 0 Å². The molecule has 0 bridgehead atoms. The maximum atomic E-state index is 5.98. The molecule has 0 aliphatic rings. The van der Waals surface area contributed by atoms with E-state index < -0.39 is 0 Å². The summed E-state index contributed by atoms with van der Waals surface area (Å²) in [7, 11) is 1.77. The molecule has 0 amide bonds. The van der Waals surface area contributed by atoms with E-state index in [1.165, 1.54) is 5.56 Å². The summed E-state index contributed by atoms with van der Waals surface area (Å²) in [6.07, 6.45) is 3.59. The van der Waals surface area contributed by atoms with E-state index in [0.29, 0.717) is 0 Å². The van der Waals surface area contributed by atoms with E-state index in [-0.39, 0.29) is 0 Å². The number of guanidine groups is 1. The molecular formula is C17H21ClN4. The average molecular weight is 317 g/mol. The molecule has 5 heteroatoms. The molecule has 0 spiro atoms. The van der Waals surface area contributed by atoms with Crippen molar-refractivity contribution < 1.29 is 0 Å². The zero-order valence-corrected chi connectivity index (χ0v) is 13.5.